The normalized spacial score (nSPS) is 19.8. The SMILES string of the molecule is CCCCCN1C(=CC=C2CCCC(C=CC3=[N+](CCCCS(=O)(=O)O)c4ccccc4C3(C)C)=C2Oc2ccc(CCC(=O)NCCN3C(=O)CC(C(C)C)C3=O)cc2)C(C)(C)c2cc(S(=O)(=O)O)ccc21. The van der Waals surface area contributed by atoms with Crippen molar-refractivity contribution < 1.29 is 49.6 Å². The molecule has 3 N–H and O–H groups in total. The summed E-state index contributed by atoms with van der Waals surface area (Å²) in [4.78, 5) is 41.5. The summed E-state index contributed by atoms with van der Waals surface area (Å²) in [5, 5.41) is 2.86. The van der Waals surface area contributed by atoms with Crippen molar-refractivity contribution in [1.29, 1.82) is 0 Å². The molecule has 14 nitrogen and oxygen atoms in total. The second kappa shape index (κ2) is 22.8. The van der Waals surface area contributed by atoms with Crippen LogP contribution >= 0.6 is 0 Å². The van der Waals surface area contributed by atoms with Gasteiger partial charge >= 0.3 is 0 Å². The van der Waals surface area contributed by atoms with Crippen molar-refractivity contribution in [3.8, 4) is 5.75 Å². The van der Waals surface area contributed by atoms with Crippen molar-refractivity contribution in [2.75, 3.05) is 36.8 Å². The molecule has 3 amide bonds. The summed E-state index contributed by atoms with van der Waals surface area (Å²) in [5.41, 5.74) is 7.90. The van der Waals surface area contributed by atoms with E-state index in [1.807, 2.05) is 50.2 Å². The van der Waals surface area contributed by atoms with Gasteiger partial charge < -0.3 is 15.0 Å². The molecule has 7 rings (SSSR count). The van der Waals surface area contributed by atoms with Gasteiger partial charge in [-0.15, -0.1) is 0 Å². The second-order valence-electron chi connectivity index (χ2n) is 21.1. The average Bonchev–Trinajstić information content (AvgIpc) is 3.83. The molecule has 73 heavy (non-hydrogen) atoms. The molecule has 1 aliphatic carbocycles. The maximum Gasteiger partial charge on any atom is 0.294 e. The van der Waals surface area contributed by atoms with Crippen LogP contribution in [0.25, 0.3) is 0 Å². The molecular weight excluding hydrogens is 965 g/mol. The fraction of sp³-hybridized carbons (Fsp3) is 0.474. The Morgan fingerprint density at radius 1 is 0.863 bits per heavy atom. The molecule has 0 saturated carbocycles. The highest BCUT2D eigenvalue weighted by atomic mass is 32.2. The topological polar surface area (TPSA) is 191 Å². The molecular formula is C57H73N4O10S2+. The summed E-state index contributed by atoms with van der Waals surface area (Å²) in [6.07, 6.45) is 15.6. The number of anilines is 1. The standard InChI is InChI=1S/C57H72N4O10S2/c1-8-9-12-33-60-49-28-27-44(73(68,69)70)37-47(49)57(6,7)51(60)30-24-42-17-15-16-41(23-29-50-56(4,5)46-18-10-11-19-48(46)59(50)34-13-14-36-72(65,66)67)54(42)71-43-25-20-40(21-26-43)22-31-52(62)58-32-35-61-53(63)38-45(39(2)3)55(61)64/h10-11,18-21,23-30,37,39,45H,8-9,12-17,22,31-36,38H2,1-7H3,(H2-,58,62,65,66,67,68,69,70)/p+1. The molecule has 1 saturated heterocycles. The summed E-state index contributed by atoms with van der Waals surface area (Å²) in [6.45, 7) is 16.2. The number of nitrogens with one attached hydrogen (secondary N) is 1. The third-order valence-electron chi connectivity index (χ3n) is 14.9. The van der Waals surface area contributed by atoms with E-state index < -0.39 is 25.7 Å². The van der Waals surface area contributed by atoms with Crippen molar-refractivity contribution in [1.82, 2.24) is 10.2 Å². The van der Waals surface area contributed by atoms with Gasteiger partial charge in [0, 0.05) is 79.3 Å². The van der Waals surface area contributed by atoms with Crippen LogP contribution in [0.2, 0.25) is 0 Å². The van der Waals surface area contributed by atoms with E-state index in [-0.39, 0.29) is 71.6 Å². The molecule has 3 aromatic rings. The highest BCUT2D eigenvalue weighted by Gasteiger charge is 2.45. The van der Waals surface area contributed by atoms with Gasteiger partial charge in [0.2, 0.25) is 23.4 Å². The Morgan fingerprint density at radius 3 is 2.29 bits per heavy atom. The molecule has 4 aliphatic rings. The maximum absolute atomic E-state index is 12.9. The second-order valence-corrected chi connectivity index (χ2v) is 24.1. The first-order valence-electron chi connectivity index (χ1n) is 25.8. The number of likely N-dealkylation sites (tertiary alicyclic amines) is 1. The molecule has 3 aromatic carbocycles. The number of rotatable bonds is 22. The quantitative estimate of drug-likeness (QED) is 0.0376. The number of fused-ring (bicyclic) bond motifs is 2. The zero-order valence-electron chi connectivity index (χ0n) is 43.4. The van der Waals surface area contributed by atoms with Crippen LogP contribution in [-0.4, -0.2) is 90.8 Å². The van der Waals surface area contributed by atoms with Gasteiger partial charge in [-0.3, -0.25) is 28.4 Å². The predicted octanol–water partition coefficient (Wildman–Crippen LogP) is 9.93. The van der Waals surface area contributed by atoms with Crippen LogP contribution in [0.15, 0.2) is 119 Å². The van der Waals surface area contributed by atoms with E-state index in [0.717, 1.165) is 95.7 Å². The molecule has 0 aromatic heterocycles. The van der Waals surface area contributed by atoms with Crippen molar-refractivity contribution in [2.24, 2.45) is 11.8 Å². The van der Waals surface area contributed by atoms with E-state index in [9.17, 15) is 40.3 Å². The smallest absolute Gasteiger partial charge is 0.294 e. The highest BCUT2D eigenvalue weighted by Crippen LogP contribution is 2.49. The van der Waals surface area contributed by atoms with Gasteiger partial charge in [0.05, 0.1) is 16.1 Å². The van der Waals surface area contributed by atoms with Gasteiger partial charge in [0.1, 0.15) is 18.1 Å². The third kappa shape index (κ3) is 12.8. The highest BCUT2D eigenvalue weighted by molar-refractivity contribution is 7.86. The number of carbonyl (C=O) groups is 3. The van der Waals surface area contributed by atoms with Crippen LogP contribution in [-0.2, 0) is 51.9 Å². The molecule has 0 radical (unpaired) electrons. The Labute approximate surface area is 432 Å². The van der Waals surface area contributed by atoms with E-state index in [1.54, 1.807) is 12.1 Å². The molecule has 0 spiro atoms. The van der Waals surface area contributed by atoms with E-state index >= 15 is 0 Å². The Balaban J connectivity index is 1.19. The van der Waals surface area contributed by atoms with Crippen LogP contribution in [0.3, 0.4) is 0 Å². The lowest BCUT2D eigenvalue weighted by Crippen LogP contribution is -2.39. The Hall–Kier alpha value is -5.68. The Bertz CT molecular complexity index is 2980. The lowest BCUT2D eigenvalue weighted by Gasteiger charge is -2.27. The van der Waals surface area contributed by atoms with Crippen LogP contribution in [0, 0.1) is 11.8 Å². The van der Waals surface area contributed by atoms with Crippen molar-refractivity contribution in [3.63, 3.8) is 0 Å². The number of amides is 3. The van der Waals surface area contributed by atoms with Gasteiger partial charge in [0.25, 0.3) is 20.2 Å². The fourth-order valence-corrected chi connectivity index (χ4v) is 11.8. The van der Waals surface area contributed by atoms with Crippen molar-refractivity contribution >= 4 is 55.0 Å². The van der Waals surface area contributed by atoms with Gasteiger partial charge in [0.15, 0.2) is 5.71 Å². The first kappa shape index (κ1) is 55.1. The lowest BCUT2D eigenvalue weighted by molar-refractivity contribution is -0.438. The number of allylic oxidation sites excluding steroid dienone is 7. The van der Waals surface area contributed by atoms with E-state index in [4.69, 9.17) is 4.74 Å². The summed E-state index contributed by atoms with van der Waals surface area (Å²) in [5.74, 6) is 0.249. The first-order valence-corrected chi connectivity index (χ1v) is 28.9. The molecule has 0 bridgehead atoms. The van der Waals surface area contributed by atoms with Crippen LogP contribution in [0.4, 0.5) is 11.4 Å². The summed E-state index contributed by atoms with van der Waals surface area (Å²) < 4.78 is 76.5. The first-order chi connectivity index (χ1) is 34.5. The number of aryl methyl sites for hydroxylation is 1. The Morgan fingerprint density at radius 2 is 1.60 bits per heavy atom. The van der Waals surface area contributed by atoms with Crippen molar-refractivity contribution in [2.45, 2.75) is 135 Å². The van der Waals surface area contributed by atoms with Gasteiger partial charge in [-0.2, -0.15) is 21.4 Å². The largest absolute Gasteiger partial charge is 0.457 e. The number of para-hydroxylation sites is 1. The minimum Gasteiger partial charge on any atom is -0.457 e. The molecule has 3 aliphatic heterocycles. The number of hydrogen-bond donors (Lipinski definition) is 3. The van der Waals surface area contributed by atoms with Crippen LogP contribution in [0.5, 0.6) is 5.75 Å². The number of carbonyl (C=O) groups excluding carboxylic acids is 3. The van der Waals surface area contributed by atoms with E-state index in [2.05, 4.69) is 85.8 Å². The molecule has 1 atom stereocenters. The molecule has 1 unspecified atom stereocenters. The average molecular weight is 1040 g/mol. The number of hydrogen-bond acceptors (Lipinski definition) is 9. The summed E-state index contributed by atoms with van der Waals surface area (Å²) in [6, 6.07) is 20.8. The van der Waals surface area contributed by atoms with Crippen molar-refractivity contribution in [3.05, 3.63) is 130 Å². The summed E-state index contributed by atoms with van der Waals surface area (Å²) in [7, 11) is -8.51. The number of benzene rings is 3. The van der Waals surface area contributed by atoms with Crippen LogP contribution in [0.1, 0.15) is 129 Å². The van der Waals surface area contributed by atoms with Gasteiger partial charge in [-0.05, 0) is 123 Å². The number of imide groups is 1. The molecule has 1 fully saturated rings. The predicted molar refractivity (Wildman–Crippen MR) is 285 cm³/mol. The monoisotopic (exact) mass is 1040 g/mol. The summed E-state index contributed by atoms with van der Waals surface area (Å²) >= 11 is 0. The third-order valence-corrected chi connectivity index (χ3v) is 16.5. The van der Waals surface area contributed by atoms with E-state index in [1.165, 1.54) is 11.0 Å². The van der Waals surface area contributed by atoms with E-state index in [0.29, 0.717) is 37.3 Å². The van der Waals surface area contributed by atoms with Gasteiger partial charge in [-0.1, -0.05) is 83.9 Å². The molecule has 392 valence electrons. The zero-order valence-corrected chi connectivity index (χ0v) is 45.1. The molecule has 3 heterocycles. The number of nitrogens with zero attached hydrogens (tertiary/aromatic N) is 3. The van der Waals surface area contributed by atoms with Crippen LogP contribution < -0.4 is 15.0 Å². The molecule has 16 heteroatoms. The maximum atomic E-state index is 12.9. The lowest BCUT2D eigenvalue weighted by atomic mass is 9.81. The minimum absolute atomic E-state index is 0.0736. The number of unbranched alkanes of at least 4 members (excludes halogenated alkanes) is 3. The fourth-order valence-electron chi connectivity index (χ4n) is 10.7. The Kier molecular flexibility index (Phi) is 17.2. The van der Waals surface area contributed by atoms with Gasteiger partial charge in [-0.25, -0.2) is 0 Å². The zero-order chi connectivity index (χ0) is 52.9. The minimum atomic E-state index is -4.43. The number of ether oxygens (including phenoxy) is 1.